The molecule has 1 aliphatic heterocycles. The molecule has 0 radical (unpaired) electrons. The maximum absolute atomic E-state index is 12.7. The summed E-state index contributed by atoms with van der Waals surface area (Å²) in [6.07, 6.45) is -7.27. The zero-order chi connectivity index (χ0) is 40.6. The Hall–Kier alpha value is -2.15. The number of anilines is 1. The molecule has 3 rings (SSSR count). The lowest BCUT2D eigenvalue weighted by Crippen LogP contribution is -2.46. The molecule has 24 nitrogen and oxygen atoms in total. The van der Waals surface area contributed by atoms with E-state index in [0.717, 1.165) is 17.2 Å². The quantitative estimate of drug-likeness (QED) is 0.0509. The minimum Gasteiger partial charge on any atom is -0.392 e. The highest BCUT2D eigenvalue weighted by Crippen LogP contribution is 2.61. The molecule has 2 amide bonds. The van der Waals surface area contributed by atoms with Crippen LogP contribution in [0.25, 0.3) is 11.2 Å². The van der Waals surface area contributed by atoms with Gasteiger partial charge in [-0.1, -0.05) is 27.7 Å². The van der Waals surface area contributed by atoms with Crippen LogP contribution in [0.1, 0.15) is 40.3 Å². The van der Waals surface area contributed by atoms with Crippen molar-refractivity contribution in [1.82, 2.24) is 30.2 Å². The third-order valence-electron chi connectivity index (χ3n) is 7.70. The van der Waals surface area contributed by atoms with E-state index in [4.69, 9.17) is 19.5 Å². The Balaban J connectivity index is 1.50. The van der Waals surface area contributed by atoms with Crippen molar-refractivity contribution in [2.75, 3.05) is 43.5 Å². The summed E-state index contributed by atoms with van der Waals surface area (Å²) in [4.78, 5) is 75.5. The smallest absolute Gasteiger partial charge is 0.392 e. The van der Waals surface area contributed by atoms with Gasteiger partial charge in [0.05, 0.1) is 25.6 Å². The first-order chi connectivity index (χ1) is 24.9. The fraction of sp³-hybridized carbons (Fsp3) is 0.731. The first kappa shape index (κ1) is 46.2. The van der Waals surface area contributed by atoms with Crippen molar-refractivity contribution in [2.45, 2.75) is 70.9 Å². The van der Waals surface area contributed by atoms with Gasteiger partial charge in [0, 0.05) is 36.4 Å². The third-order valence-corrected chi connectivity index (χ3v) is 11.9. The molecule has 0 saturated carbocycles. The molecule has 28 heteroatoms. The predicted molar refractivity (Wildman–Crippen MR) is 188 cm³/mol. The lowest BCUT2D eigenvalue weighted by atomic mass is 9.87. The highest BCUT2D eigenvalue weighted by Gasteiger charge is 2.50. The SMILES string of the molecule is CC(C)C(O)CSCCNC(=O)CCNC(=O)C(O)C(C)(C)COP(=O)(O)OP(=O)(O)OC[C@H]1O[C@@H](n2cnc3c(N)ncnc32)[C@H](O)[C@@H]1OP(=O)(O)O. The molecular weight excluding hydrogens is 807 g/mol. The number of nitrogens with one attached hydrogen (secondary N) is 2. The molecule has 0 bridgehead atoms. The first-order valence-electron chi connectivity index (χ1n) is 16.1. The number of amides is 2. The molecule has 3 heterocycles. The number of aromatic nitrogens is 4. The van der Waals surface area contributed by atoms with E-state index in [-0.39, 0.29) is 41.8 Å². The molecule has 8 atom stereocenters. The number of aliphatic hydroxyl groups is 3. The van der Waals surface area contributed by atoms with E-state index in [9.17, 15) is 58.2 Å². The average molecular weight is 854 g/mol. The summed E-state index contributed by atoms with van der Waals surface area (Å²) in [5.74, 6) is -0.165. The number of aliphatic hydroxyl groups excluding tert-OH is 3. The summed E-state index contributed by atoms with van der Waals surface area (Å²) < 4.78 is 62.0. The Labute approximate surface area is 313 Å². The molecule has 2 aromatic heterocycles. The van der Waals surface area contributed by atoms with Gasteiger partial charge in [-0.2, -0.15) is 16.1 Å². The zero-order valence-corrected chi connectivity index (χ0v) is 33.0. The van der Waals surface area contributed by atoms with Crippen LogP contribution in [0.3, 0.4) is 0 Å². The van der Waals surface area contributed by atoms with E-state index in [1.165, 1.54) is 25.6 Å². The van der Waals surface area contributed by atoms with Crippen molar-refractivity contribution < 1.29 is 80.8 Å². The normalized spacial score (nSPS) is 22.8. The number of carbonyl (C=O) groups excluding carboxylic acids is 2. The first-order valence-corrected chi connectivity index (χ1v) is 21.8. The van der Waals surface area contributed by atoms with Crippen molar-refractivity contribution in [3.8, 4) is 0 Å². The maximum Gasteiger partial charge on any atom is 0.481 e. The summed E-state index contributed by atoms with van der Waals surface area (Å²) in [5, 5.41) is 36.2. The number of hydrogen-bond acceptors (Lipinski definition) is 18. The largest absolute Gasteiger partial charge is 0.481 e. The second kappa shape index (κ2) is 19.3. The van der Waals surface area contributed by atoms with E-state index in [2.05, 4.69) is 34.4 Å². The molecule has 308 valence electrons. The monoisotopic (exact) mass is 853 g/mol. The number of nitrogens with zero attached hydrogens (tertiary/aromatic N) is 4. The fourth-order valence-corrected chi connectivity index (χ4v) is 8.47. The van der Waals surface area contributed by atoms with Gasteiger partial charge in [-0.25, -0.2) is 28.6 Å². The number of nitrogen functional groups attached to an aromatic ring is 1. The van der Waals surface area contributed by atoms with Gasteiger partial charge < -0.3 is 56.0 Å². The number of ether oxygens (including phenoxy) is 1. The van der Waals surface area contributed by atoms with E-state index in [0.29, 0.717) is 18.1 Å². The Morgan fingerprint density at radius 3 is 2.37 bits per heavy atom. The van der Waals surface area contributed by atoms with E-state index >= 15 is 0 Å². The molecular formula is C26H46N7O17P3S. The second-order valence-corrected chi connectivity index (χ2v) is 18.3. The number of fused-ring (bicyclic) bond motifs is 1. The number of carbonyl (C=O) groups is 2. The second-order valence-electron chi connectivity index (χ2n) is 13.0. The Kier molecular flexibility index (Phi) is 16.6. The van der Waals surface area contributed by atoms with Crippen LogP contribution in [0.2, 0.25) is 0 Å². The minimum absolute atomic E-state index is 0.0340. The van der Waals surface area contributed by atoms with E-state index in [1.807, 2.05) is 13.8 Å². The molecule has 0 spiro atoms. The van der Waals surface area contributed by atoms with Gasteiger partial charge in [-0.05, 0) is 5.92 Å². The van der Waals surface area contributed by atoms with Gasteiger partial charge in [-0.3, -0.25) is 27.7 Å². The number of rotatable bonds is 22. The molecule has 2 aromatic rings. The van der Waals surface area contributed by atoms with Crippen LogP contribution >= 0.6 is 35.2 Å². The van der Waals surface area contributed by atoms with Crippen LogP contribution in [0.5, 0.6) is 0 Å². The Bertz CT molecular complexity index is 1730. The number of nitrogens with two attached hydrogens (primary N) is 1. The number of imidazole rings is 1. The molecule has 4 unspecified atom stereocenters. The average Bonchev–Trinajstić information content (AvgIpc) is 3.62. The minimum atomic E-state index is -5.56. The molecule has 1 aliphatic rings. The summed E-state index contributed by atoms with van der Waals surface area (Å²) in [7, 11) is -16.4. The lowest BCUT2D eigenvalue weighted by Gasteiger charge is -2.30. The van der Waals surface area contributed by atoms with Gasteiger partial charge in [-0.15, -0.1) is 0 Å². The summed E-state index contributed by atoms with van der Waals surface area (Å²) >= 11 is 1.47. The molecule has 11 N–H and O–H groups in total. The Morgan fingerprint density at radius 2 is 1.72 bits per heavy atom. The van der Waals surface area contributed by atoms with Crippen molar-refractivity contribution in [2.24, 2.45) is 11.3 Å². The van der Waals surface area contributed by atoms with Crippen LogP contribution in [0.15, 0.2) is 12.7 Å². The van der Waals surface area contributed by atoms with Crippen LogP contribution in [-0.2, 0) is 45.9 Å². The van der Waals surface area contributed by atoms with Crippen LogP contribution < -0.4 is 16.4 Å². The topological polar surface area (TPSA) is 367 Å². The number of thioether (sulfide) groups is 1. The third kappa shape index (κ3) is 13.8. The maximum atomic E-state index is 12.7. The lowest BCUT2D eigenvalue weighted by molar-refractivity contribution is -0.137. The van der Waals surface area contributed by atoms with Crippen molar-refractivity contribution >= 4 is 64.0 Å². The molecule has 1 fully saturated rings. The van der Waals surface area contributed by atoms with Gasteiger partial charge in [0.2, 0.25) is 11.8 Å². The Morgan fingerprint density at radius 1 is 1.06 bits per heavy atom. The summed E-state index contributed by atoms with van der Waals surface area (Å²) in [6.45, 7) is 4.49. The van der Waals surface area contributed by atoms with E-state index in [1.54, 1.807) is 0 Å². The molecule has 0 aliphatic carbocycles. The van der Waals surface area contributed by atoms with Crippen molar-refractivity contribution in [3.05, 3.63) is 12.7 Å². The van der Waals surface area contributed by atoms with Crippen LogP contribution in [0, 0.1) is 11.3 Å². The predicted octanol–water partition coefficient (Wildman–Crippen LogP) is -0.845. The van der Waals surface area contributed by atoms with Gasteiger partial charge >= 0.3 is 23.5 Å². The number of hydrogen-bond donors (Lipinski definition) is 10. The molecule has 54 heavy (non-hydrogen) atoms. The zero-order valence-electron chi connectivity index (χ0n) is 29.5. The summed E-state index contributed by atoms with van der Waals surface area (Å²) in [5.41, 5.74) is 4.28. The number of phosphoric ester groups is 3. The van der Waals surface area contributed by atoms with Crippen molar-refractivity contribution in [3.63, 3.8) is 0 Å². The van der Waals surface area contributed by atoms with Gasteiger partial charge in [0.1, 0.15) is 36.3 Å². The van der Waals surface area contributed by atoms with E-state index < -0.39 is 84.8 Å². The fourth-order valence-electron chi connectivity index (χ4n) is 4.60. The summed E-state index contributed by atoms with van der Waals surface area (Å²) in [6, 6.07) is 0. The number of phosphoric acid groups is 3. The van der Waals surface area contributed by atoms with Gasteiger partial charge in [0.15, 0.2) is 17.7 Å². The molecule has 0 aromatic carbocycles. The van der Waals surface area contributed by atoms with Crippen LogP contribution in [0.4, 0.5) is 5.82 Å². The van der Waals surface area contributed by atoms with Gasteiger partial charge in [0.25, 0.3) is 0 Å². The highest BCUT2D eigenvalue weighted by atomic mass is 32.2. The van der Waals surface area contributed by atoms with Crippen molar-refractivity contribution in [1.29, 1.82) is 0 Å². The standard InChI is InChI=1S/C26H46N7O17P3S/c1-14(2)15(34)10-54-8-7-28-17(35)5-6-29-24(38)21(37)26(3,4)11-47-53(44,45)50-52(42,43)46-9-16-20(49-51(39,40)41)19(36)25(48-16)33-13-32-18-22(27)30-12-31-23(18)33/h12-16,19-21,25,34,36-37H,5-11H2,1-4H3,(H,28,35)(H,29,38)(H,42,43)(H,44,45)(H2,27,30,31)(H2,39,40,41)/t15?,16-,19-,20-,21?,25-/m1/s1. The van der Waals surface area contributed by atoms with Crippen LogP contribution in [-0.4, -0.2) is 135 Å². The molecule has 1 saturated heterocycles. The highest BCUT2D eigenvalue weighted by molar-refractivity contribution is 7.99.